The van der Waals surface area contributed by atoms with Crippen LogP contribution in [0.2, 0.25) is 5.02 Å². The molecule has 3 aromatic rings. The van der Waals surface area contributed by atoms with Gasteiger partial charge in [-0.25, -0.2) is 4.79 Å². The molecule has 6 nitrogen and oxygen atoms in total. The first-order chi connectivity index (χ1) is 12.5. The Morgan fingerprint density at radius 2 is 1.81 bits per heavy atom. The van der Waals surface area contributed by atoms with Gasteiger partial charge in [0.2, 0.25) is 0 Å². The molecule has 2 aromatic carbocycles. The Kier molecular flexibility index (Phi) is 5.04. The molecule has 1 atom stereocenters. The van der Waals surface area contributed by atoms with Gasteiger partial charge >= 0.3 is 5.97 Å². The highest BCUT2D eigenvalue weighted by Crippen LogP contribution is 2.20. The highest BCUT2D eigenvalue weighted by Gasteiger charge is 2.20. The van der Waals surface area contributed by atoms with Crippen LogP contribution in [-0.2, 0) is 9.53 Å². The van der Waals surface area contributed by atoms with Gasteiger partial charge in [-0.15, -0.1) is 0 Å². The number of aromatic nitrogens is 1. The van der Waals surface area contributed by atoms with Gasteiger partial charge < -0.3 is 15.0 Å². The molecule has 132 valence electrons. The van der Waals surface area contributed by atoms with Crippen LogP contribution < -0.4 is 10.9 Å². The Morgan fingerprint density at radius 3 is 2.58 bits per heavy atom. The summed E-state index contributed by atoms with van der Waals surface area (Å²) in [5, 5.41) is 4.04. The molecular formula is C19H15ClN2O4. The average Bonchev–Trinajstić information content (AvgIpc) is 2.63. The third-order valence-corrected chi connectivity index (χ3v) is 4.09. The fourth-order valence-electron chi connectivity index (χ4n) is 2.40. The summed E-state index contributed by atoms with van der Waals surface area (Å²) in [6, 6.07) is 15.1. The number of halogens is 1. The molecule has 0 aliphatic heterocycles. The summed E-state index contributed by atoms with van der Waals surface area (Å²) < 4.78 is 5.15. The standard InChI is InChI=1S/C19H15ClN2O4/c1-11(17(23)21-15-9-5-4-8-14(15)20)26-19(25)16-10-12-6-2-3-7-13(12)18(24)22-16/h2-11H,1H3,(H,21,23)(H,22,24)/t11-/m0/s1. The summed E-state index contributed by atoms with van der Waals surface area (Å²) in [7, 11) is 0. The SMILES string of the molecule is C[C@H](OC(=O)c1cc2ccccc2c(=O)[nH]1)C(=O)Nc1ccccc1Cl. The number of benzene rings is 2. The molecule has 26 heavy (non-hydrogen) atoms. The number of fused-ring (bicyclic) bond motifs is 1. The van der Waals surface area contributed by atoms with E-state index < -0.39 is 23.5 Å². The molecule has 0 bridgehead atoms. The van der Waals surface area contributed by atoms with Crippen LogP contribution in [0.15, 0.2) is 59.4 Å². The maximum Gasteiger partial charge on any atom is 0.355 e. The molecule has 0 saturated heterocycles. The first-order valence-electron chi connectivity index (χ1n) is 7.84. The number of hydrogen-bond donors (Lipinski definition) is 2. The van der Waals surface area contributed by atoms with Crippen LogP contribution in [0, 0.1) is 0 Å². The van der Waals surface area contributed by atoms with Crippen LogP contribution in [-0.4, -0.2) is 23.0 Å². The van der Waals surface area contributed by atoms with Crippen molar-refractivity contribution in [3.8, 4) is 0 Å². The summed E-state index contributed by atoms with van der Waals surface area (Å²) in [6.45, 7) is 1.43. The third-order valence-electron chi connectivity index (χ3n) is 3.76. The van der Waals surface area contributed by atoms with Crippen molar-refractivity contribution in [2.75, 3.05) is 5.32 Å². The van der Waals surface area contributed by atoms with Crippen molar-refractivity contribution in [3.63, 3.8) is 0 Å². The Balaban J connectivity index is 1.74. The molecule has 0 fully saturated rings. The molecule has 3 rings (SSSR count). The van der Waals surface area contributed by atoms with E-state index in [4.69, 9.17) is 16.3 Å². The van der Waals surface area contributed by atoms with Crippen LogP contribution in [0.3, 0.4) is 0 Å². The lowest BCUT2D eigenvalue weighted by Gasteiger charge is -2.14. The lowest BCUT2D eigenvalue weighted by Crippen LogP contribution is -2.30. The average molecular weight is 371 g/mol. The summed E-state index contributed by atoms with van der Waals surface area (Å²) in [5.41, 5.74) is -0.00417. The van der Waals surface area contributed by atoms with Crippen molar-refractivity contribution in [3.05, 3.63) is 75.7 Å². The molecule has 0 saturated carbocycles. The molecule has 0 spiro atoms. The van der Waals surface area contributed by atoms with Gasteiger partial charge in [-0.2, -0.15) is 0 Å². The number of pyridine rings is 1. The highest BCUT2D eigenvalue weighted by molar-refractivity contribution is 6.33. The van der Waals surface area contributed by atoms with Gasteiger partial charge in [-0.05, 0) is 36.6 Å². The fraction of sp³-hybridized carbons (Fsp3) is 0.105. The third kappa shape index (κ3) is 3.75. The largest absolute Gasteiger partial charge is 0.448 e. The molecule has 0 aliphatic rings. The molecule has 7 heteroatoms. The predicted octanol–water partition coefficient (Wildman–Crippen LogP) is 3.37. The summed E-state index contributed by atoms with van der Waals surface area (Å²) in [4.78, 5) is 39.0. The quantitative estimate of drug-likeness (QED) is 0.689. The molecule has 0 unspecified atom stereocenters. The first kappa shape index (κ1) is 17.7. The van der Waals surface area contributed by atoms with E-state index in [1.165, 1.54) is 13.0 Å². The van der Waals surface area contributed by atoms with Gasteiger partial charge in [0.1, 0.15) is 5.69 Å². The van der Waals surface area contributed by atoms with E-state index in [2.05, 4.69) is 10.3 Å². The minimum absolute atomic E-state index is 0.0221. The number of para-hydroxylation sites is 1. The van der Waals surface area contributed by atoms with Gasteiger partial charge in [0.05, 0.1) is 10.7 Å². The zero-order valence-electron chi connectivity index (χ0n) is 13.8. The maximum absolute atomic E-state index is 12.3. The Hall–Kier alpha value is -3.12. The van der Waals surface area contributed by atoms with E-state index in [1.807, 2.05) is 0 Å². The van der Waals surface area contributed by atoms with Gasteiger partial charge in [0, 0.05) is 5.39 Å². The molecule has 1 amide bonds. The van der Waals surface area contributed by atoms with Crippen molar-refractivity contribution in [2.45, 2.75) is 13.0 Å². The Labute approximate surface area is 153 Å². The number of hydrogen-bond acceptors (Lipinski definition) is 4. The van der Waals surface area contributed by atoms with Gasteiger partial charge in [-0.3, -0.25) is 9.59 Å². The van der Waals surface area contributed by atoms with Crippen molar-refractivity contribution in [1.29, 1.82) is 0 Å². The maximum atomic E-state index is 12.3. The lowest BCUT2D eigenvalue weighted by molar-refractivity contribution is -0.123. The number of rotatable bonds is 4. The second kappa shape index (κ2) is 7.41. The van der Waals surface area contributed by atoms with Crippen molar-refractivity contribution >= 4 is 39.9 Å². The van der Waals surface area contributed by atoms with E-state index in [9.17, 15) is 14.4 Å². The van der Waals surface area contributed by atoms with Crippen molar-refractivity contribution in [2.24, 2.45) is 0 Å². The number of ether oxygens (including phenoxy) is 1. The second-order valence-corrected chi connectivity index (χ2v) is 6.02. The predicted molar refractivity (Wildman–Crippen MR) is 99.5 cm³/mol. The summed E-state index contributed by atoms with van der Waals surface area (Å²) >= 11 is 5.99. The number of aromatic amines is 1. The van der Waals surface area contributed by atoms with E-state index in [1.54, 1.807) is 48.5 Å². The highest BCUT2D eigenvalue weighted by atomic mass is 35.5. The molecule has 0 radical (unpaired) electrons. The summed E-state index contributed by atoms with van der Waals surface area (Å²) in [6.07, 6.45) is -1.08. The van der Waals surface area contributed by atoms with E-state index in [0.29, 0.717) is 21.5 Å². The van der Waals surface area contributed by atoms with Crippen molar-refractivity contribution < 1.29 is 14.3 Å². The minimum Gasteiger partial charge on any atom is -0.448 e. The second-order valence-electron chi connectivity index (χ2n) is 5.62. The molecule has 0 aliphatic carbocycles. The molecule has 1 heterocycles. The Morgan fingerprint density at radius 1 is 1.12 bits per heavy atom. The molecular weight excluding hydrogens is 356 g/mol. The van der Waals surface area contributed by atoms with Gasteiger partial charge in [0.15, 0.2) is 6.10 Å². The molecule has 1 aromatic heterocycles. The van der Waals surface area contributed by atoms with Crippen LogP contribution >= 0.6 is 11.6 Å². The zero-order chi connectivity index (χ0) is 18.7. The van der Waals surface area contributed by atoms with Crippen LogP contribution in [0.1, 0.15) is 17.4 Å². The summed E-state index contributed by atoms with van der Waals surface area (Å²) in [5.74, 6) is -1.33. The monoisotopic (exact) mass is 370 g/mol. The van der Waals surface area contributed by atoms with E-state index >= 15 is 0 Å². The number of carbonyl (C=O) groups is 2. The first-order valence-corrected chi connectivity index (χ1v) is 8.22. The van der Waals surface area contributed by atoms with Gasteiger partial charge in [0.25, 0.3) is 11.5 Å². The number of H-pyrrole nitrogens is 1. The van der Waals surface area contributed by atoms with E-state index in [0.717, 1.165) is 0 Å². The van der Waals surface area contributed by atoms with E-state index in [-0.39, 0.29) is 5.69 Å². The number of amides is 1. The lowest BCUT2D eigenvalue weighted by atomic mass is 10.1. The molecule has 2 N–H and O–H groups in total. The zero-order valence-corrected chi connectivity index (χ0v) is 14.5. The van der Waals surface area contributed by atoms with Gasteiger partial charge in [-0.1, -0.05) is 41.9 Å². The van der Waals surface area contributed by atoms with Crippen LogP contribution in [0.25, 0.3) is 10.8 Å². The van der Waals surface area contributed by atoms with Crippen molar-refractivity contribution in [1.82, 2.24) is 4.98 Å². The Bertz CT molecular complexity index is 1040. The fourth-order valence-corrected chi connectivity index (χ4v) is 2.58. The minimum atomic E-state index is -1.08. The normalized spacial score (nSPS) is 11.8. The van der Waals surface area contributed by atoms with Crippen LogP contribution in [0.4, 0.5) is 5.69 Å². The van der Waals surface area contributed by atoms with Crippen LogP contribution in [0.5, 0.6) is 0 Å². The number of nitrogens with one attached hydrogen (secondary N) is 2. The topological polar surface area (TPSA) is 88.3 Å². The number of esters is 1. The number of carbonyl (C=O) groups excluding carboxylic acids is 2. The smallest absolute Gasteiger partial charge is 0.355 e. The number of anilines is 1.